The van der Waals surface area contributed by atoms with Crippen LogP contribution in [0.1, 0.15) is 39.9 Å². The Morgan fingerprint density at radius 3 is 3.08 bits per heavy atom. The normalized spacial score (nSPS) is 19.5. The fourth-order valence-corrected chi connectivity index (χ4v) is 3.99. The molecule has 1 atom stereocenters. The van der Waals surface area contributed by atoms with Crippen molar-refractivity contribution in [2.24, 2.45) is 5.73 Å². The molecular formula is C17H19N3O3S. The monoisotopic (exact) mass is 345 g/mol. The van der Waals surface area contributed by atoms with Gasteiger partial charge >= 0.3 is 0 Å². The van der Waals surface area contributed by atoms with E-state index in [9.17, 15) is 4.79 Å². The molecule has 0 spiro atoms. The zero-order valence-electron chi connectivity index (χ0n) is 13.2. The Kier molecular flexibility index (Phi) is 4.12. The Balaban J connectivity index is 1.64. The third-order valence-electron chi connectivity index (χ3n) is 4.41. The van der Waals surface area contributed by atoms with E-state index in [-0.39, 0.29) is 11.9 Å². The quantitative estimate of drug-likeness (QED) is 0.924. The third kappa shape index (κ3) is 2.63. The lowest BCUT2D eigenvalue weighted by molar-refractivity contribution is 0.0725. The molecule has 1 fully saturated rings. The van der Waals surface area contributed by atoms with Crippen LogP contribution < -0.4 is 15.2 Å². The topological polar surface area (TPSA) is 77.7 Å². The maximum absolute atomic E-state index is 12.9. The van der Waals surface area contributed by atoms with Gasteiger partial charge < -0.3 is 20.1 Å². The highest BCUT2D eigenvalue weighted by Gasteiger charge is 2.34. The van der Waals surface area contributed by atoms with Crippen molar-refractivity contribution in [2.75, 3.05) is 19.8 Å². The first kappa shape index (κ1) is 15.4. The summed E-state index contributed by atoms with van der Waals surface area (Å²) >= 11 is 1.43. The summed E-state index contributed by atoms with van der Waals surface area (Å²) in [6.07, 6.45) is 1.88. The SMILES string of the molecule is NCc1nc(C(=O)N2CCCC2c2cccc3c2OCCO3)cs1. The molecule has 1 unspecified atom stereocenters. The molecule has 2 aromatic rings. The summed E-state index contributed by atoms with van der Waals surface area (Å²) in [4.78, 5) is 19.1. The smallest absolute Gasteiger partial charge is 0.273 e. The molecule has 0 aliphatic carbocycles. The van der Waals surface area contributed by atoms with Crippen LogP contribution in [0.15, 0.2) is 23.6 Å². The molecule has 0 radical (unpaired) electrons. The number of carbonyl (C=O) groups excluding carboxylic acids is 1. The summed E-state index contributed by atoms with van der Waals surface area (Å²) in [6.45, 7) is 2.18. The maximum Gasteiger partial charge on any atom is 0.273 e. The molecule has 7 heteroatoms. The van der Waals surface area contributed by atoms with Crippen molar-refractivity contribution in [1.82, 2.24) is 9.88 Å². The summed E-state index contributed by atoms with van der Waals surface area (Å²) in [7, 11) is 0. The van der Waals surface area contributed by atoms with Crippen molar-refractivity contribution in [3.63, 3.8) is 0 Å². The van der Waals surface area contributed by atoms with Gasteiger partial charge in [0.15, 0.2) is 11.5 Å². The van der Waals surface area contributed by atoms with E-state index in [2.05, 4.69) is 4.98 Å². The minimum Gasteiger partial charge on any atom is -0.486 e. The Hall–Kier alpha value is -2.12. The van der Waals surface area contributed by atoms with Crippen LogP contribution in [-0.2, 0) is 6.54 Å². The number of rotatable bonds is 3. The van der Waals surface area contributed by atoms with Crippen molar-refractivity contribution >= 4 is 17.2 Å². The number of nitrogens with two attached hydrogens (primary N) is 1. The zero-order valence-corrected chi connectivity index (χ0v) is 14.1. The zero-order chi connectivity index (χ0) is 16.5. The lowest BCUT2D eigenvalue weighted by atomic mass is 10.0. The Bertz CT molecular complexity index is 761. The number of benzene rings is 1. The van der Waals surface area contributed by atoms with Crippen molar-refractivity contribution in [3.8, 4) is 11.5 Å². The van der Waals surface area contributed by atoms with Gasteiger partial charge in [-0.1, -0.05) is 12.1 Å². The summed E-state index contributed by atoms with van der Waals surface area (Å²) in [5, 5.41) is 2.57. The molecule has 2 aliphatic rings. The number of para-hydroxylation sites is 1. The van der Waals surface area contributed by atoms with Crippen LogP contribution in [0.2, 0.25) is 0 Å². The highest BCUT2D eigenvalue weighted by Crippen LogP contribution is 2.43. The minimum absolute atomic E-state index is 0.00261. The molecule has 2 aliphatic heterocycles. The lowest BCUT2D eigenvalue weighted by Gasteiger charge is -2.28. The maximum atomic E-state index is 12.9. The molecule has 1 saturated heterocycles. The molecule has 4 rings (SSSR count). The molecule has 24 heavy (non-hydrogen) atoms. The average Bonchev–Trinajstić information content (AvgIpc) is 3.30. The third-order valence-corrected chi connectivity index (χ3v) is 5.29. The van der Waals surface area contributed by atoms with Crippen molar-refractivity contribution in [2.45, 2.75) is 25.4 Å². The predicted octanol–water partition coefficient (Wildman–Crippen LogP) is 2.35. The van der Waals surface area contributed by atoms with Gasteiger partial charge in [-0.25, -0.2) is 4.98 Å². The fraction of sp³-hybridized carbons (Fsp3) is 0.412. The van der Waals surface area contributed by atoms with Gasteiger partial charge in [0.1, 0.15) is 23.9 Å². The van der Waals surface area contributed by atoms with Gasteiger partial charge in [-0.05, 0) is 18.9 Å². The Labute approximate surface area is 144 Å². The highest BCUT2D eigenvalue weighted by molar-refractivity contribution is 7.09. The minimum atomic E-state index is -0.0391. The van der Waals surface area contributed by atoms with Crippen molar-refractivity contribution in [3.05, 3.63) is 39.8 Å². The molecule has 126 valence electrons. The predicted molar refractivity (Wildman–Crippen MR) is 90.4 cm³/mol. The number of amides is 1. The number of likely N-dealkylation sites (tertiary alicyclic amines) is 1. The number of hydrogen-bond donors (Lipinski definition) is 1. The summed E-state index contributed by atoms with van der Waals surface area (Å²) in [6, 6.07) is 5.89. The Morgan fingerprint density at radius 2 is 2.25 bits per heavy atom. The first-order chi connectivity index (χ1) is 11.8. The van der Waals surface area contributed by atoms with Crippen LogP contribution in [-0.4, -0.2) is 35.5 Å². The summed E-state index contributed by atoms with van der Waals surface area (Å²) in [5.74, 6) is 1.49. The van der Waals surface area contributed by atoms with Gasteiger partial charge in [0, 0.05) is 24.0 Å². The lowest BCUT2D eigenvalue weighted by Crippen LogP contribution is -2.31. The molecule has 6 nitrogen and oxygen atoms in total. The average molecular weight is 345 g/mol. The largest absolute Gasteiger partial charge is 0.486 e. The second kappa shape index (κ2) is 6.41. The number of aromatic nitrogens is 1. The van der Waals surface area contributed by atoms with Crippen LogP contribution in [0.25, 0.3) is 0 Å². The van der Waals surface area contributed by atoms with Crippen LogP contribution in [0.5, 0.6) is 11.5 Å². The number of fused-ring (bicyclic) bond motifs is 1. The highest BCUT2D eigenvalue weighted by atomic mass is 32.1. The van der Waals surface area contributed by atoms with Crippen LogP contribution in [0.4, 0.5) is 0 Å². The van der Waals surface area contributed by atoms with E-state index in [1.54, 1.807) is 5.38 Å². The number of hydrogen-bond acceptors (Lipinski definition) is 6. The number of carbonyl (C=O) groups is 1. The molecule has 1 aromatic heterocycles. The number of ether oxygens (including phenoxy) is 2. The van der Waals surface area contributed by atoms with E-state index in [4.69, 9.17) is 15.2 Å². The Morgan fingerprint density at radius 1 is 1.38 bits per heavy atom. The van der Waals surface area contributed by atoms with E-state index in [1.165, 1.54) is 11.3 Å². The van der Waals surface area contributed by atoms with Gasteiger partial charge in [0.25, 0.3) is 5.91 Å². The van der Waals surface area contributed by atoms with Gasteiger partial charge in [-0.15, -0.1) is 11.3 Å². The van der Waals surface area contributed by atoms with Crippen molar-refractivity contribution in [1.29, 1.82) is 0 Å². The van der Waals surface area contributed by atoms with E-state index >= 15 is 0 Å². The summed E-state index contributed by atoms with van der Waals surface area (Å²) < 4.78 is 11.5. The number of nitrogens with zero attached hydrogens (tertiary/aromatic N) is 2. The van der Waals surface area contributed by atoms with Crippen LogP contribution in [0.3, 0.4) is 0 Å². The van der Waals surface area contributed by atoms with E-state index in [0.29, 0.717) is 25.5 Å². The van der Waals surface area contributed by atoms with Gasteiger partial charge in [0.2, 0.25) is 0 Å². The summed E-state index contributed by atoms with van der Waals surface area (Å²) in [5.41, 5.74) is 7.11. The number of thiazole rings is 1. The molecular weight excluding hydrogens is 326 g/mol. The second-order valence-corrected chi connectivity index (χ2v) is 6.80. The van der Waals surface area contributed by atoms with E-state index < -0.39 is 0 Å². The first-order valence-electron chi connectivity index (χ1n) is 8.12. The van der Waals surface area contributed by atoms with E-state index in [0.717, 1.165) is 41.5 Å². The molecule has 0 saturated carbocycles. The van der Waals surface area contributed by atoms with E-state index in [1.807, 2.05) is 23.1 Å². The molecule has 1 amide bonds. The molecule has 2 N–H and O–H groups in total. The van der Waals surface area contributed by atoms with Gasteiger partial charge in [-0.3, -0.25) is 4.79 Å². The first-order valence-corrected chi connectivity index (χ1v) is 9.00. The molecule has 0 bridgehead atoms. The van der Waals surface area contributed by atoms with Gasteiger partial charge in [0.05, 0.1) is 6.04 Å². The van der Waals surface area contributed by atoms with Crippen LogP contribution >= 0.6 is 11.3 Å². The molecule has 3 heterocycles. The van der Waals surface area contributed by atoms with Crippen molar-refractivity contribution < 1.29 is 14.3 Å². The fourth-order valence-electron chi connectivity index (χ4n) is 3.34. The van der Waals surface area contributed by atoms with Crippen LogP contribution in [0, 0.1) is 0 Å². The van der Waals surface area contributed by atoms with Gasteiger partial charge in [-0.2, -0.15) is 0 Å². The standard InChI is InChI=1S/C17H19N3O3S/c18-9-15-19-12(10-24-15)17(21)20-6-2-4-13(20)11-3-1-5-14-16(11)23-8-7-22-14/h1,3,5,10,13H,2,4,6-9,18H2. The second-order valence-electron chi connectivity index (χ2n) is 5.86. The molecule has 1 aromatic carbocycles.